The summed E-state index contributed by atoms with van der Waals surface area (Å²) in [5, 5.41) is 6.32. The quantitative estimate of drug-likeness (QED) is 0.822. The minimum atomic E-state index is -0.504. The second-order valence-corrected chi connectivity index (χ2v) is 4.52. The van der Waals surface area contributed by atoms with Crippen molar-refractivity contribution >= 4 is 17.5 Å². The van der Waals surface area contributed by atoms with Crippen molar-refractivity contribution in [2.75, 3.05) is 24.8 Å². The molecule has 0 aliphatic carbocycles. The fourth-order valence-electron chi connectivity index (χ4n) is 1.91. The van der Waals surface area contributed by atoms with E-state index in [-0.39, 0.29) is 11.7 Å². The number of methoxy groups -OCH3 is 1. The maximum absolute atomic E-state index is 11.4. The third-order valence-electron chi connectivity index (χ3n) is 3.07. The number of carbonyl (C=O) groups is 1. The topological polar surface area (TPSA) is 76.1 Å². The van der Waals surface area contributed by atoms with Gasteiger partial charge in [-0.25, -0.2) is 9.78 Å². The second kappa shape index (κ2) is 6.69. The van der Waals surface area contributed by atoms with Gasteiger partial charge < -0.3 is 15.4 Å². The molecule has 6 heteroatoms. The molecule has 6 nitrogen and oxygen atoms in total. The molecule has 1 atom stereocenters. The van der Waals surface area contributed by atoms with E-state index in [2.05, 4.69) is 31.4 Å². The van der Waals surface area contributed by atoms with Gasteiger partial charge in [-0.2, -0.15) is 0 Å². The maximum Gasteiger partial charge on any atom is 0.358 e. The van der Waals surface area contributed by atoms with Gasteiger partial charge in [0, 0.05) is 12.7 Å². The highest BCUT2D eigenvalue weighted by atomic mass is 16.5. The van der Waals surface area contributed by atoms with E-state index in [1.54, 1.807) is 6.20 Å². The number of hydrogen-bond donors (Lipinski definition) is 2. The van der Waals surface area contributed by atoms with Crippen LogP contribution < -0.4 is 10.6 Å². The summed E-state index contributed by atoms with van der Waals surface area (Å²) in [5.41, 5.74) is 2.32. The van der Waals surface area contributed by atoms with Crippen LogP contribution in [-0.2, 0) is 4.74 Å². The molecule has 0 spiro atoms. The SMILES string of the molecule is CNc1cccc(C(C)Nc2cncc(C(=O)OC)n2)c1. The molecule has 0 saturated heterocycles. The highest BCUT2D eigenvalue weighted by Crippen LogP contribution is 2.20. The van der Waals surface area contributed by atoms with Crippen LogP contribution >= 0.6 is 0 Å². The van der Waals surface area contributed by atoms with Crippen LogP contribution in [-0.4, -0.2) is 30.1 Å². The van der Waals surface area contributed by atoms with E-state index in [0.29, 0.717) is 5.82 Å². The third-order valence-corrected chi connectivity index (χ3v) is 3.07. The standard InChI is InChI=1S/C15H18N4O2/c1-10(11-5-4-6-12(7-11)16-2)18-14-9-17-8-13(19-14)15(20)21-3/h4-10,16H,1-3H3,(H,18,19). The summed E-state index contributed by atoms with van der Waals surface area (Å²) in [7, 11) is 3.19. The third kappa shape index (κ3) is 3.68. The van der Waals surface area contributed by atoms with Gasteiger partial charge in [0.25, 0.3) is 0 Å². The molecular formula is C15H18N4O2. The first-order valence-electron chi connectivity index (χ1n) is 6.58. The summed E-state index contributed by atoms with van der Waals surface area (Å²) in [5.74, 6) is 0.0243. The molecule has 1 unspecified atom stereocenters. The number of ether oxygens (including phenoxy) is 1. The zero-order chi connectivity index (χ0) is 15.2. The number of benzene rings is 1. The smallest absolute Gasteiger partial charge is 0.358 e. The molecule has 2 rings (SSSR count). The first-order chi connectivity index (χ1) is 10.1. The number of carbonyl (C=O) groups excluding carboxylic acids is 1. The lowest BCUT2D eigenvalue weighted by atomic mass is 10.1. The number of nitrogens with one attached hydrogen (secondary N) is 2. The average molecular weight is 286 g/mol. The summed E-state index contributed by atoms with van der Waals surface area (Å²) < 4.78 is 4.63. The molecular weight excluding hydrogens is 268 g/mol. The molecule has 110 valence electrons. The van der Waals surface area contributed by atoms with Gasteiger partial charge in [-0.05, 0) is 24.6 Å². The van der Waals surface area contributed by atoms with E-state index in [4.69, 9.17) is 0 Å². The molecule has 0 fully saturated rings. The molecule has 1 heterocycles. The fraction of sp³-hybridized carbons (Fsp3) is 0.267. The minimum Gasteiger partial charge on any atom is -0.464 e. The van der Waals surface area contributed by atoms with Crippen LogP contribution in [0.4, 0.5) is 11.5 Å². The van der Waals surface area contributed by atoms with Crippen LogP contribution in [0.5, 0.6) is 0 Å². The molecule has 0 amide bonds. The highest BCUT2D eigenvalue weighted by Gasteiger charge is 2.11. The van der Waals surface area contributed by atoms with Gasteiger partial charge in [0.1, 0.15) is 5.82 Å². The van der Waals surface area contributed by atoms with Crippen molar-refractivity contribution in [3.63, 3.8) is 0 Å². The van der Waals surface area contributed by atoms with Crippen molar-refractivity contribution in [1.82, 2.24) is 9.97 Å². The molecule has 0 aliphatic rings. The van der Waals surface area contributed by atoms with Crippen LogP contribution in [0.1, 0.15) is 29.0 Å². The molecule has 0 radical (unpaired) electrons. The van der Waals surface area contributed by atoms with E-state index in [1.165, 1.54) is 13.3 Å². The number of aromatic nitrogens is 2. The Bertz CT molecular complexity index is 631. The first-order valence-corrected chi connectivity index (χ1v) is 6.58. The lowest BCUT2D eigenvalue weighted by Crippen LogP contribution is -2.11. The van der Waals surface area contributed by atoms with Crippen molar-refractivity contribution in [2.45, 2.75) is 13.0 Å². The molecule has 1 aromatic heterocycles. The Balaban J connectivity index is 2.15. The fourth-order valence-corrected chi connectivity index (χ4v) is 1.91. The van der Waals surface area contributed by atoms with E-state index in [9.17, 15) is 4.79 Å². The lowest BCUT2D eigenvalue weighted by Gasteiger charge is -2.16. The molecule has 1 aromatic carbocycles. The van der Waals surface area contributed by atoms with Gasteiger partial charge >= 0.3 is 5.97 Å². The summed E-state index contributed by atoms with van der Waals surface area (Å²) in [4.78, 5) is 19.6. The molecule has 21 heavy (non-hydrogen) atoms. The second-order valence-electron chi connectivity index (χ2n) is 4.52. The zero-order valence-corrected chi connectivity index (χ0v) is 12.3. The normalized spacial score (nSPS) is 11.6. The van der Waals surface area contributed by atoms with E-state index < -0.39 is 5.97 Å². The summed E-state index contributed by atoms with van der Waals surface area (Å²) in [6.45, 7) is 2.02. The molecule has 0 aliphatic heterocycles. The Morgan fingerprint density at radius 1 is 1.33 bits per heavy atom. The number of esters is 1. The van der Waals surface area contributed by atoms with Crippen LogP contribution in [0.2, 0.25) is 0 Å². The van der Waals surface area contributed by atoms with Crippen molar-refractivity contribution in [1.29, 1.82) is 0 Å². The number of hydrogen-bond acceptors (Lipinski definition) is 6. The minimum absolute atomic E-state index is 0.0282. The van der Waals surface area contributed by atoms with Crippen LogP contribution in [0.25, 0.3) is 0 Å². The average Bonchev–Trinajstić information content (AvgIpc) is 2.54. The maximum atomic E-state index is 11.4. The Morgan fingerprint density at radius 3 is 2.86 bits per heavy atom. The van der Waals surface area contributed by atoms with Crippen molar-refractivity contribution < 1.29 is 9.53 Å². The van der Waals surface area contributed by atoms with Crippen LogP contribution in [0.3, 0.4) is 0 Å². The van der Waals surface area contributed by atoms with Crippen LogP contribution in [0.15, 0.2) is 36.7 Å². The first kappa shape index (κ1) is 14.8. The predicted molar refractivity (Wildman–Crippen MR) is 81.4 cm³/mol. The van der Waals surface area contributed by atoms with Gasteiger partial charge in [-0.15, -0.1) is 0 Å². The monoisotopic (exact) mass is 286 g/mol. The number of anilines is 2. The Morgan fingerprint density at radius 2 is 2.14 bits per heavy atom. The zero-order valence-electron chi connectivity index (χ0n) is 12.3. The summed E-state index contributed by atoms with van der Waals surface area (Å²) >= 11 is 0. The molecule has 2 aromatic rings. The van der Waals surface area contributed by atoms with Gasteiger partial charge in [0.05, 0.1) is 25.5 Å². The van der Waals surface area contributed by atoms with Gasteiger partial charge in [-0.3, -0.25) is 4.98 Å². The Kier molecular flexibility index (Phi) is 4.71. The van der Waals surface area contributed by atoms with Crippen molar-refractivity contribution in [2.24, 2.45) is 0 Å². The largest absolute Gasteiger partial charge is 0.464 e. The summed E-state index contributed by atoms with van der Waals surface area (Å²) in [6.07, 6.45) is 2.95. The van der Waals surface area contributed by atoms with Crippen molar-refractivity contribution in [3.8, 4) is 0 Å². The molecule has 0 bridgehead atoms. The van der Waals surface area contributed by atoms with Gasteiger partial charge in [-0.1, -0.05) is 12.1 Å². The van der Waals surface area contributed by atoms with Gasteiger partial charge in [0.15, 0.2) is 5.69 Å². The molecule has 2 N–H and O–H groups in total. The predicted octanol–water partition coefficient (Wildman–Crippen LogP) is 2.48. The summed E-state index contributed by atoms with van der Waals surface area (Å²) in [6, 6.07) is 8.08. The van der Waals surface area contributed by atoms with Crippen LogP contribution in [0, 0.1) is 0 Å². The van der Waals surface area contributed by atoms with E-state index in [1.807, 2.05) is 32.2 Å². The highest BCUT2D eigenvalue weighted by molar-refractivity contribution is 5.87. The number of nitrogens with zero attached hydrogens (tertiary/aromatic N) is 2. The lowest BCUT2D eigenvalue weighted by molar-refractivity contribution is 0.0593. The number of rotatable bonds is 5. The Hall–Kier alpha value is -2.63. The Labute approximate surface area is 123 Å². The van der Waals surface area contributed by atoms with E-state index in [0.717, 1.165) is 11.3 Å². The molecule has 0 saturated carbocycles. The van der Waals surface area contributed by atoms with E-state index >= 15 is 0 Å². The van der Waals surface area contributed by atoms with Crippen molar-refractivity contribution in [3.05, 3.63) is 47.9 Å². The van der Waals surface area contributed by atoms with Gasteiger partial charge in [0.2, 0.25) is 0 Å².